The quantitative estimate of drug-likeness (QED) is 0.573. The minimum atomic E-state index is 0.455. The lowest BCUT2D eigenvalue weighted by Gasteiger charge is -2.39. The molecule has 2 nitrogen and oxygen atoms in total. The van der Waals surface area contributed by atoms with Crippen LogP contribution in [0.3, 0.4) is 0 Å². The van der Waals surface area contributed by atoms with Crippen LogP contribution in [0.15, 0.2) is 60.7 Å². The molecule has 136 valence electrons. The standard InChI is InChI=1S/C23H34N2/c1-6-24(7-2)23(21-14-10-8-11-15-21)18-20(5)25(19(3)4)22-16-12-9-13-17-22/h8-17,19-20,23H,6-7,18H2,1-5H3. The zero-order chi connectivity index (χ0) is 18.2. The predicted molar refractivity (Wildman–Crippen MR) is 110 cm³/mol. The maximum absolute atomic E-state index is 2.58. The normalized spacial score (nSPS) is 13.9. The van der Waals surface area contributed by atoms with Gasteiger partial charge in [0.15, 0.2) is 0 Å². The molecule has 0 radical (unpaired) electrons. The van der Waals surface area contributed by atoms with Crippen LogP contribution in [0.2, 0.25) is 0 Å². The first-order valence-corrected chi connectivity index (χ1v) is 9.70. The van der Waals surface area contributed by atoms with Crippen molar-refractivity contribution in [2.24, 2.45) is 0 Å². The fraction of sp³-hybridized carbons (Fsp3) is 0.478. The van der Waals surface area contributed by atoms with Crippen molar-refractivity contribution >= 4 is 5.69 Å². The lowest BCUT2D eigenvalue weighted by atomic mass is 9.96. The third-order valence-corrected chi connectivity index (χ3v) is 5.09. The van der Waals surface area contributed by atoms with E-state index in [2.05, 4.69) is 105 Å². The van der Waals surface area contributed by atoms with Crippen molar-refractivity contribution in [3.63, 3.8) is 0 Å². The molecular weight excluding hydrogens is 304 g/mol. The van der Waals surface area contributed by atoms with Crippen LogP contribution in [0.25, 0.3) is 0 Å². The van der Waals surface area contributed by atoms with Crippen LogP contribution in [0.4, 0.5) is 5.69 Å². The highest BCUT2D eigenvalue weighted by Crippen LogP contribution is 2.30. The van der Waals surface area contributed by atoms with Crippen LogP contribution in [0, 0.1) is 0 Å². The lowest BCUT2D eigenvalue weighted by molar-refractivity contribution is 0.198. The van der Waals surface area contributed by atoms with Gasteiger partial charge in [-0.2, -0.15) is 0 Å². The van der Waals surface area contributed by atoms with Crippen LogP contribution in [0.5, 0.6) is 0 Å². The fourth-order valence-electron chi connectivity index (χ4n) is 3.93. The summed E-state index contributed by atoms with van der Waals surface area (Å²) in [4.78, 5) is 5.13. The number of anilines is 1. The molecule has 2 atom stereocenters. The Balaban J connectivity index is 2.27. The van der Waals surface area contributed by atoms with Crippen LogP contribution in [-0.2, 0) is 0 Å². The van der Waals surface area contributed by atoms with Crippen LogP contribution >= 0.6 is 0 Å². The van der Waals surface area contributed by atoms with Crippen LogP contribution in [-0.4, -0.2) is 30.1 Å². The fourth-order valence-corrected chi connectivity index (χ4v) is 3.93. The monoisotopic (exact) mass is 338 g/mol. The maximum atomic E-state index is 2.58. The van der Waals surface area contributed by atoms with Gasteiger partial charge < -0.3 is 4.90 Å². The van der Waals surface area contributed by atoms with Crippen molar-refractivity contribution in [2.75, 3.05) is 18.0 Å². The molecule has 0 N–H and O–H groups in total. The van der Waals surface area contributed by atoms with Crippen molar-refractivity contribution in [1.82, 2.24) is 4.90 Å². The van der Waals surface area contributed by atoms with Gasteiger partial charge in [0.1, 0.15) is 0 Å². The second-order valence-corrected chi connectivity index (χ2v) is 7.07. The van der Waals surface area contributed by atoms with Crippen molar-refractivity contribution in [3.8, 4) is 0 Å². The molecular formula is C23H34N2. The Morgan fingerprint density at radius 3 is 1.76 bits per heavy atom. The van der Waals surface area contributed by atoms with E-state index in [0.29, 0.717) is 18.1 Å². The minimum absolute atomic E-state index is 0.455. The van der Waals surface area contributed by atoms with Crippen molar-refractivity contribution in [1.29, 1.82) is 0 Å². The third kappa shape index (κ3) is 5.09. The molecule has 0 spiro atoms. The highest BCUT2D eigenvalue weighted by molar-refractivity contribution is 5.47. The van der Waals surface area contributed by atoms with Gasteiger partial charge in [-0.15, -0.1) is 0 Å². The molecule has 2 aromatic carbocycles. The molecule has 0 aliphatic carbocycles. The van der Waals surface area contributed by atoms with Gasteiger partial charge in [-0.3, -0.25) is 4.90 Å². The minimum Gasteiger partial charge on any atom is -0.366 e. The summed E-state index contributed by atoms with van der Waals surface area (Å²) in [5, 5.41) is 0. The SMILES string of the molecule is CCN(CC)C(CC(C)N(c1ccccc1)C(C)C)c1ccccc1. The molecule has 2 heteroatoms. The molecule has 0 aromatic heterocycles. The number of para-hydroxylation sites is 1. The second-order valence-electron chi connectivity index (χ2n) is 7.07. The summed E-state index contributed by atoms with van der Waals surface area (Å²) in [6.07, 6.45) is 1.12. The van der Waals surface area contributed by atoms with Gasteiger partial charge >= 0.3 is 0 Å². The summed E-state index contributed by atoms with van der Waals surface area (Å²) in [6, 6.07) is 23.2. The Kier molecular flexibility index (Phi) is 7.52. The number of hydrogen-bond donors (Lipinski definition) is 0. The van der Waals surface area contributed by atoms with E-state index in [1.54, 1.807) is 0 Å². The van der Waals surface area contributed by atoms with E-state index in [0.717, 1.165) is 19.5 Å². The largest absolute Gasteiger partial charge is 0.366 e. The summed E-state index contributed by atoms with van der Waals surface area (Å²) < 4.78 is 0. The van der Waals surface area contributed by atoms with Crippen LogP contribution < -0.4 is 4.90 Å². The number of hydrogen-bond acceptors (Lipinski definition) is 2. The molecule has 2 aromatic rings. The molecule has 0 amide bonds. The first-order valence-electron chi connectivity index (χ1n) is 9.70. The molecule has 25 heavy (non-hydrogen) atoms. The molecule has 0 heterocycles. The first kappa shape index (κ1) is 19.5. The number of rotatable bonds is 9. The van der Waals surface area contributed by atoms with E-state index < -0.39 is 0 Å². The molecule has 0 aliphatic heterocycles. The summed E-state index contributed by atoms with van der Waals surface area (Å²) in [7, 11) is 0. The summed E-state index contributed by atoms with van der Waals surface area (Å²) in [5.74, 6) is 0. The molecule has 0 fully saturated rings. The van der Waals surface area contributed by atoms with Gasteiger partial charge in [0, 0.05) is 23.8 Å². The third-order valence-electron chi connectivity index (χ3n) is 5.09. The zero-order valence-electron chi connectivity index (χ0n) is 16.5. The Morgan fingerprint density at radius 1 is 0.760 bits per heavy atom. The predicted octanol–water partition coefficient (Wildman–Crippen LogP) is 5.76. The van der Waals surface area contributed by atoms with Gasteiger partial charge in [-0.1, -0.05) is 62.4 Å². The molecule has 0 aliphatic rings. The van der Waals surface area contributed by atoms with E-state index in [9.17, 15) is 0 Å². The lowest BCUT2D eigenvalue weighted by Crippen LogP contribution is -2.42. The zero-order valence-corrected chi connectivity index (χ0v) is 16.5. The van der Waals surface area contributed by atoms with E-state index in [1.165, 1.54) is 11.3 Å². The molecule has 2 unspecified atom stereocenters. The average Bonchev–Trinajstić information content (AvgIpc) is 2.63. The van der Waals surface area contributed by atoms with Crippen LogP contribution in [0.1, 0.15) is 52.6 Å². The van der Waals surface area contributed by atoms with E-state index >= 15 is 0 Å². The smallest absolute Gasteiger partial charge is 0.0370 e. The van der Waals surface area contributed by atoms with E-state index in [-0.39, 0.29) is 0 Å². The Bertz CT molecular complexity index is 590. The van der Waals surface area contributed by atoms with Crippen molar-refractivity contribution < 1.29 is 0 Å². The molecule has 0 saturated carbocycles. The topological polar surface area (TPSA) is 6.48 Å². The van der Waals surface area contributed by atoms with Gasteiger partial charge in [0.05, 0.1) is 0 Å². The van der Waals surface area contributed by atoms with Crippen molar-refractivity contribution in [2.45, 2.75) is 59.2 Å². The first-order chi connectivity index (χ1) is 12.1. The molecule has 0 bridgehead atoms. The highest BCUT2D eigenvalue weighted by atomic mass is 15.2. The van der Waals surface area contributed by atoms with Gasteiger partial charge in [-0.25, -0.2) is 0 Å². The maximum Gasteiger partial charge on any atom is 0.0370 e. The summed E-state index contributed by atoms with van der Waals surface area (Å²) in [5.41, 5.74) is 2.74. The van der Waals surface area contributed by atoms with Gasteiger partial charge in [0.25, 0.3) is 0 Å². The highest BCUT2D eigenvalue weighted by Gasteiger charge is 2.25. The average molecular weight is 339 g/mol. The van der Waals surface area contributed by atoms with Gasteiger partial charge in [-0.05, 0) is 58.0 Å². The summed E-state index contributed by atoms with van der Waals surface area (Å²) in [6.45, 7) is 13.6. The van der Waals surface area contributed by atoms with E-state index in [1.807, 2.05) is 0 Å². The Labute approximate surface area is 154 Å². The molecule has 2 rings (SSSR count). The Morgan fingerprint density at radius 2 is 1.28 bits per heavy atom. The summed E-state index contributed by atoms with van der Waals surface area (Å²) >= 11 is 0. The second kappa shape index (κ2) is 9.62. The van der Waals surface area contributed by atoms with Crippen molar-refractivity contribution in [3.05, 3.63) is 66.2 Å². The Hall–Kier alpha value is -1.80. The number of nitrogens with zero attached hydrogens (tertiary/aromatic N) is 2. The number of benzene rings is 2. The van der Waals surface area contributed by atoms with E-state index in [4.69, 9.17) is 0 Å². The molecule has 0 saturated heterocycles. The van der Waals surface area contributed by atoms with Gasteiger partial charge in [0.2, 0.25) is 0 Å².